The maximum absolute atomic E-state index is 11.2. The molecule has 0 aliphatic carbocycles. The van der Waals surface area contributed by atoms with Gasteiger partial charge < -0.3 is 0 Å². The Morgan fingerprint density at radius 2 is 2.07 bits per heavy atom. The number of nitrogens with one attached hydrogen (secondary N) is 1. The second-order valence-corrected chi connectivity index (χ2v) is 3.83. The van der Waals surface area contributed by atoms with Crippen LogP contribution in [0.5, 0.6) is 0 Å². The van der Waals surface area contributed by atoms with Crippen molar-refractivity contribution in [3.05, 3.63) is 29.3 Å². The van der Waals surface area contributed by atoms with E-state index < -0.39 is 0 Å². The minimum absolute atomic E-state index is 0.194. The molecule has 1 aromatic carbocycles. The minimum atomic E-state index is -0.194. The van der Waals surface area contributed by atoms with Crippen molar-refractivity contribution in [3.8, 4) is 0 Å². The average molecular weight is 184 g/mol. The Hall–Kier alpha value is -1.38. The first-order valence-electron chi connectivity index (χ1n) is 4.67. The van der Waals surface area contributed by atoms with Crippen LogP contribution < -0.4 is 5.32 Å². The van der Waals surface area contributed by atoms with Gasteiger partial charge >= 0.3 is 83.7 Å². The summed E-state index contributed by atoms with van der Waals surface area (Å²) < 4.78 is 0. The van der Waals surface area contributed by atoms with Crippen LogP contribution >= 0.6 is 0 Å². The van der Waals surface area contributed by atoms with E-state index in [1.807, 2.05) is 18.2 Å². The monoisotopic (exact) mass is 184 g/mol. The third kappa shape index (κ3) is 1.29. The molecule has 0 unspecified atom stereocenters. The van der Waals surface area contributed by atoms with Crippen molar-refractivity contribution in [2.24, 2.45) is 0 Å². The molecule has 0 aromatic heterocycles. The van der Waals surface area contributed by atoms with Crippen LogP contribution in [0, 0.1) is 0 Å². The van der Waals surface area contributed by atoms with E-state index in [0.29, 0.717) is 11.4 Å². The number of fused-ring (bicyclic) bond motifs is 1. The molecule has 0 saturated heterocycles. The van der Waals surface area contributed by atoms with Crippen molar-refractivity contribution >= 4 is 24.5 Å². The van der Waals surface area contributed by atoms with Gasteiger partial charge in [-0.1, -0.05) is 0 Å². The second-order valence-electron chi connectivity index (χ2n) is 3.83. The Morgan fingerprint density at radius 1 is 1.36 bits per heavy atom. The number of anilines is 1. The van der Waals surface area contributed by atoms with Gasteiger partial charge in [-0.25, -0.2) is 0 Å². The Bertz CT molecular complexity index is 423. The van der Waals surface area contributed by atoms with Crippen molar-refractivity contribution in [1.29, 1.82) is 0 Å². The number of carbonyl (C=O) groups excluding carboxylic acids is 1. The van der Waals surface area contributed by atoms with E-state index in [0.717, 1.165) is 11.3 Å². The first-order chi connectivity index (χ1) is 6.59. The number of amides is 1. The van der Waals surface area contributed by atoms with Crippen LogP contribution in [0.4, 0.5) is 5.69 Å². The van der Waals surface area contributed by atoms with Crippen LogP contribution in [-0.4, -0.2) is 18.9 Å². The summed E-state index contributed by atoms with van der Waals surface area (Å²) in [7, 11) is 5.66. The van der Waals surface area contributed by atoms with Gasteiger partial charge in [0.15, 0.2) is 0 Å². The zero-order valence-electron chi connectivity index (χ0n) is 8.29. The molecule has 2 rings (SSSR count). The fourth-order valence-electron chi connectivity index (χ4n) is 1.56. The first kappa shape index (κ1) is 9.19. The third-order valence-electron chi connectivity index (χ3n) is 2.49. The molecule has 0 saturated carbocycles. The van der Waals surface area contributed by atoms with E-state index >= 15 is 0 Å². The Balaban J connectivity index is 2.51. The quantitative estimate of drug-likeness (QED) is 0.657. The molecule has 1 amide bonds. The molecule has 0 bridgehead atoms. The van der Waals surface area contributed by atoms with Crippen molar-refractivity contribution in [2.45, 2.75) is 19.8 Å². The molecule has 2 nitrogen and oxygen atoms in total. The Kier molecular flexibility index (Phi) is 2.03. The molecule has 1 aromatic rings. The van der Waals surface area contributed by atoms with E-state index in [2.05, 4.69) is 19.2 Å². The molecule has 1 aliphatic heterocycles. The van der Waals surface area contributed by atoms with E-state index in [4.69, 9.17) is 7.49 Å². The fourth-order valence-corrected chi connectivity index (χ4v) is 1.56. The summed E-state index contributed by atoms with van der Waals surface area (Å²) in [4.78, 5) is 11.2. The predicted octanol–water partition coefficient (Wildman–Crippen LogP) is 1.45. The number of carbonyl (C=O) groups is 1. The molecule has 1 heterocycles. The molecule has 14 heavy (non-hydrogen) atoms. The third-order valence-corrected chi connectivity index (χ3v) is 2.49. The molecular weight excluding hydrogens is 173 g/mol. The van der Waals surface area contributed by atoms with E-state index in [1.165, 1.54) is 5.56 Å². The molecule has 3 heteroatoms. The van der Waals surface area contributed by atoms with Gasteiger partial charge in [0.1, 0.15) is 0 Å². The number of rotatable bonds is 1. The van der Waals surface area contributed by atoms with Gasteiger partial charge in [0.2, 0.25) is 0 Å². The van der Waals surface area contributed by atoms with Gasteiger partial charge in [-0.3, -0.25) is 0 Å². The fraction of sp³-hybridized carbons (Fsp3) is 0.273. The summed E-state index contributed by atoms with van der Waals surface area (Å²) in [6.45, 7) is 4.23. The number of hydrogen-bond donors (Lipinski definition) is 1. The Morgan fingerprint density at radius 3 is 2.71 bits per heavy atom. The molecule has 0 atom stereocenters. The standard InChI is InChI=1S/C11H11BNO/c1-6(2)7-3-4-9-8(5-7)10(12)11(14)13-9/h3-6H,1-2H3,(H,13,14). The number of hydrogen-bond acceptors (Lipinski definition) is 1. The van der Waals surface area contributed by atoms with E-state index in [1.54, 1.807) is 0 Å². The van der Waals surface area contributed by atoms with Gasteiger partial charge in [0.25, 0.3) is 0 Å². The van der Waals surface area contributed by atoms with Crippen LogP contribution in [0.2, 0.25) is 0 Å². The predicted molar refractivity (Wildman–Crippen MR) is 59.0 cm³/mol. The first-order valence-corrected chi connectivity index (χ1v) is 4.67. The number of benzene rings is 1. The normalized spacial score (nSPS) is 14.4. The van der Waals surface area contributed by atoms with Crippen molar-refractivity contribution in [2.75, 3.05) is 5.32 Å². The zero-order chi connectivity index (χ0) is 10.3. The van der Waals surface area contributed by atoms with Crippen LogP contribution in [0.3, 0.4) is 0 Å². The van der Waals surface area contributed by atoms with Crippen LogP contribution in [-0.2, 0) is 4.79 Å². The van der Waals surface area contributed by atoms with Gasteiger partial charge in [0, 0.05) is 0 Å². The summed E-state index contributed by atoms with van der Waals surface area (Å²) >= 11 is 0. The molecule has 69 valence electrons. The van der Waals surface area contributed by atoms with Gasteiger partial charge in [-0.15, -0.1) is 0 Å². The van der Waals surface area contributed by atoms with Gasteiger partial charge in [0.05, 0.1) is 0 Å². The molecular formula is C11H11BNO. The van der Waals surface area contributed by atoms with Crippen molar-refractivity contribution in [3.63, 3.8) is 0 Å². The summed E-state index contributed by atoms with van der Waals surface area (Å²) in [5.74, 6) is 0.254. The van der Waals surface area contributed by atoms with Crippen LogP contribution in [0.25, 0.3) is 0 Å². The SMILES string of the molecule is [B]=C1C(=O)Nc2ccc(C(C)C)cc21. The summed E-state index contributed by atoms with van der Waals surface area (Å²) in [5.41, 5.74) is 3.17. The summed E-state index contributed by atoms with van der Waals surface area (Å²) in [6.07, 6.45) is 0. The van der Waals surface area contributed by atoms with E-state index in [9.17, 15) is 4.79 Å². The molecule has 1 N–H and O–H groups in total. The van der Waals surface area contributed by atoms with Crippen LogP contribution in [0.1, 0.15) is 30.9 Å². The Labute approximate surface area is 84.4 Å². The average Bonchev–Trinajstić information content (AvgIpc) is 2.43. The van der Waals surface area contributed by atoms with Crippen LogP contribution in [0.15, 0.2) is 18.2 Å². The molecule has 1 radical (unpaired) electrons. The molecule has 0 spiro atoms. The summed E-state index contributed by atoms with van der Waals surface area (Å²) in [6, 6.07) is 5.90. The zero-order valence-corrected chi connectivity index (χ0v) is 8.29. The van der Waals surface area contributed by atoms with Crippen molar-refractivity contribution in [1.82, 2.24) is 0 Å². The molecule has 0 fully saturated rings. The van der Waals surface area contributed by atoms with Gasteiger partial charge in [-0.05, 0) is 0 Å². The second kappa shape index (κ2) is 3.09. The summed E-state index contributed by atoms with van der Waals surface area (Å²) in [5, 5.41) is 2.71. The van der Waals surface area contributed by atoms with E-state index in [-0.39, 0.29) is 5.91 Å². The topological polar surface area (TPSA) is 29.1 Å². The van der Waals surface area contributed by atoms with Gasteiger partial charge in [-0.2, -0.15) is 0 Å². The molecule has 1 aliphatic rings. The van der Waals surface area contributed by atoms with Crippen molar-refractivity contribution < 1.29 is 4.79 Å². The maximum atomic E-state index is 11.2.